The minimum atomic E-state index is -0.895. The third kappa shape index (κ3) is 6.99. The Hall–Kier alpha value is -3.52. The van der Waals surface area contributed by atoms with Gasteiger partial charge in [0.25, 0.3) is 11.8 Å². The number of nitrogens with one attached hydrogen (secondary N) is 2. The molecule has 0 aliphatic carbocycles. The minimum Gasteiger partial charge on any atom is -0.488 e. The number of hydrazone groups is 1. The second kappa shape index (κ2) is 12.1. The Bertz CT molecular complexity index is 1170. The summed E-state index contributed by atoms with van der Waals surface area (Å²) in [5, 5.41) is 6.62. The highest BCUT2D eigenvalue weighted by Gasteiger charge is 2.25. The molecule has 6 nitrogen and oxygen atoms in total. The average Bonchev–Trinajstić information content (AvgIpc) is 2.82. The standard InChI is InChI=1S/C26H25BrFN3O3/c1-17(2)24(30-25(32)21-8-4-5-9-22(21)28)26(33)31-29-15-19-7-3-6-10-23(19)34-16-18-11-13-20(27)14-12-18/h3-15,17,24H,16H2,1-2H3,(H,30,32)(H,31,33). The van der Waals surface area contributed by atoms with Gasteiger partial charge < -0.3 is 10.1 Å². The summed E-state index contributed by atoms with van der Waals surface area (Å²) in [4.78, 5) is 25.1. The summed E-state index contributed by atoms with van der Waals surface area (Å²) in [5.74, 6) is -1.46. The van der Waals surface area contributed by atoms with Gasteiger partial charge in [-0.15, -0.1) is 0 Å². The number of ether oxygens (including phenoxy) is 1. The molecule has 0 aromatic heterocycles. The van der Waals surface area contributed by atoms with Gasteiger partial charge in [-0.05, 0) is 47.9 Å². The number of amides is 2. The number of carbonyl (C=O) groups excluding carboxylic acids is 2. The molecule has 0 radical (unpaired) electrons. The number of nitrogens with zero attached hydrogens (tertiary/aromatic N) is 1. The van der Waals surface area contributed by atoms with E-state index in [2.05, 4.69) is 31.8 Å². The van der Waals surface area contributed by atoms with Gasteiger partial charge in [0.1, 0.15) is 24.2 Å². The first-order valence-electron chi connectivity index (χ1n) is 10.7. The highest BCUT2D eigenvalue weighted by atomic mass is 79.9. The number of benzene rings is 3. The number of carbonyl (C=O) groups is 2. The Morgan fingerprint density at radius 1 is 1.03 bits per heavy atom. The quantitative estimate of drug-likeness (QED) is 0.302. The maximum Gasteiger partial charge on any atom is 0.262 e. The van der Waals surface area contributed by atoms with Gasteiger partial charge in [0.15, 0.2) is 0 Å². The van der Waals surface area contributed by atoms with Crippen molar-refractivity contribution in [2.45, 2.75) is 26.5 Å². The lowest BCUT2D eigenvalue weighted by Gasteiger charge is -2.20. The van der Waals surface area contributed by atoms with Crippen LogP contribution in [0.2, 0.25) is 0 Å². The van der Waals surface area contributed by atoms with Gasteiger partial charge in [0.2, 0.25) is 0 Å². The summed E-state index contributed by atoms with van der Waals surface area (Å²) >= 11 is 3.41. The molecule has 0 spiro atoms. The summed E-state index contributed by atoms with van der Waals surface area (Å²) in [6, 6.07) is 19.8. The molecule has 3 aromatic carbocycles. The van der Waals surface area contributed by atoms with Crippen molar-refractivity contribution < 1.29 is 18.7 Å². The average molecular weight is 526 g/mol. The maximum absolute atomic E-state index is 13.9. The molecule has 3 aromatic rings. The number of halogens is 2. The molecule has 0 bridgehead atoms. The van der Waals surface area contributed by atoms with Gasteiger partial charge in [0, 0.05) is 10.0 Å². The molecule has 0 aliphatic rings. The second-order valence-electron chi connectivity index (χ2n) is 7.86. The molecule has 0 aliphatic heterocycles. The topological polar surface area (TPSA) is 79.8 Å². The van der Waals surface area contributed by atoms with Crippen molar-refractivity contribution in [2.24, 2.45) is 11.0 Å². The van der Waals surface area contributed by atoms with E-state index in [9.17, 15) is 14.0 Å². The Balaban J connectivity index is 1.63. The maximum atomic E-state index is 13.9. The molecule has 0 saturated heterocycles. The van der Waals surface area contributed by atoms with Crippen molar-refractivity contribution in [3.8, 4) is 5.75 Å². The van der Waals surface area contributed by atoms with Gasteiger partial charge in [-0.3, -0.25) is 9.59 Å². The summed E-state index contributed by atoms with van der Waals surface area (Å²) in [5.41, 5.74) is 4.01. The van der Waals surface area contributed by atoms with E-state index in [1.54, 1.807) is 19.9 Å². The van der Waals surface area contributed by atoms with Crippen LogP contribution in [0.15, 0.2) is 82.4 Å². The first kappa shape index (κ1) is 25.1. The predicted octanol–water partition coefficient (Wildman–Crippen LogP) is 5.07. The zero-order chi connectivity index (χ0) is 24.5. The normalized spacial score (nSPS) is 11.9. The smallest absolute Gasteiger partial charge is 0.262 e. The summed E-state index contributed by atoms with van der Waals surface area (Å²) in [6.07, 6.45) is 1.48. The highest BCUT2D eigenvalue weighted by Crippen LogP contribution is 2.18. The van der Waals surface area contributed by atoms with Crippen LogP contribution in [0.5, 0.6) is 5.75 Å². The van der Waals surface area contributed by atoms with Gasteiger partial charge in [-0.2, -0.15) is 5.10 Å². The fraction of sp³-hybridized carbons (Fsp3) is 0.192. The molecule has 2 amide bonds. The lowest BCUT2D eigenvalue weighted by molar-refractivity contribution is -0.123. The molecule has 34 heavy (non-hydrogen) atoms. The first-order valence-corrected chi connectivity index (χ1v) is 11.5. The van der Waals surface area contributed by atoms with Crippen molar-refractivity contribution in [3.05, 3.63) is 99.8 Å². The number of rotatable bonds is 9. The van der Waals surface area contributed by atoms with E-state index in [1.807, 2.05) is 48.5 Å². The van der Waals surface area contributed by atoms with Gasteiger partial charge >= 0.3 is 0 Å². The third-order valence-electron chi connectivity index (χ3n) is 4.96. The van der Waals surface area contributed by atoms with Crippen molar-refractivity contribution in [1.82, 2.24) is 10.7 Å². The fourth-order valence-electron chi connectivity index (χ4n) is 3.09. The molecule has 2 N–H and O–H groups in total. The zero-order valence-electron chi connectivity index (χ0n) is 18.8. The molecule has 0 saturated carbocycles. The number of hydrogen-bond acceptors (Lipinski definition) is 4. The lowest BCUT2D eigenvalue weighted by atomic mass is 10.0. The zero-order valence-corrected chi connectivity index (χ0v) is 20.4. The minimum absolute atomic E-state index is 0.124. The molecule has 0 heterocycles. The van der Waals surface area contributed by atoms with Crippen LogP contribution < -0.4 is 15.5 Å². The Morgan fingerprint density at radius 2 is 1.71 bits per heavy atom. The van der Waals surface area contributed by atoms with Gasteiger partial charge in [-0.1, -0.05) is 66.2 Å². The summed E-state index contributed by atoms with van der Waals surface area (Å²) < 4.78 is 20.8. The van der Waals surface area contributed by atoms with Gasteiger partial charge in [-0.25, -0.2) is 9.82 Å². The van der Waals surface area contributed by atoms with Crippen LogP contribution in [0.1, 0.15) is 35.3 Å². The molecule has 1 unspecified atom stereocenters. The van der Waals surface area contributed by atoms with E-state index in [1.165, 1.54) is 24.4 Å². The molecule has 8 heteroatoms. The van der Waals surface area contributed by atoms with Crippen LogP contribution in [0.25, 0.3) is 0 Å². The Kier molecular flexibility index (Phi) is 8.93. The monoisotopic (exact) mass is 525 g/mol. The largest absolute Gasteiger partial charge is 0.488 e. The predicted molar refractivity (Wildman–Crippen MR) is 133 cm³/mol. The van der Waals surface area contributed by atoms with Crippen LogP contribution in [0, 0.1) is 11.7 Å². The van der Waals surface area contributed by atoms with E-state index in [0.717, 1.165) is 10.0 Å². The number of para-hydroxylation sites is 1. The van der Waals surface area contributed by atoms with E-state index in [-0.39, 0.29) is 11.5 Å². The third-order valence-corrected chi connectivity index (χ3v) is 5.49. The van der Waals surface area contributed by atoms with Crippen molar-refractivity contribution in [2.75, 3.05) is 0 Å². The van der Waals surface area contributed by atoms with Crippen LogP contribution in [0.4, 0.5) is 4.39 Å². The van der Waals surface area contributed by atoms with Crippen LogP contribution >= 0.6 is 15.9 Å². The fourth-order valence-corrected chi connectivity index (χ4v) is 3.36. The van der Waals surface area contributed by atoms with Gasteiger partial charge in [0.05, 0.1) is 11.8 Å². The van der Waals surface area contributed by atoms with E-state index in [4.69, 9.17) is 4.74 Å². The number of hydrogen-bond donors (Lipinski definition) is 2. The van der Waals surface area contributed by atoms with E-state index >= 15 is 0 Å². The molecule has 0 fully saturated rings. The summed E-state index contributed by atoms with van der Waals surface area (Å²) in [7, 11) is 0. The summed E-state index contributed by atoms with van der Waals surface area (Å²) in [6.45, 7) is 3.93. The lowest BCUT2D eigenvalue weighted by Crippen LogP contribution is -2.48. The second-order valence-corrected chi connectivity index (χ2v) is 8.78. The van der Waals surface area contributed by atoms with Crippen LogP contribution in [-0.2, 0) is 11.4 Å². The van der Waals surface area contributed by atoms with Crippen LogP contribution in [-0.4, -0.2) is 24.1 Å². The van der Waals surface area contributed by atoms with Crippen molar-refractivity contribution in [3.63, 3.8) is 0 Å². The van der Waals surface area contributed by atoms with Crippen molar-refractivity contribution >= 4 is 34.0 Å². The Morgan fingerprint density at radius 3 is 2.41 bits per heavy atom. The molecular formula is C26H25BrFN3O3. The van der Waals surface area contributed by atoms with Crippen LogP contribution in [0.3, 0.4) is 0 Å². The molecule has 3 rings (SSSR count). The molecular weight excluding hydrogens is 501 g/mol. The molecule has 1 atom stereocenters. The SMILES string of the molecule is CC(C)C(NC(=O)c1ccccc1F)C(=O)NN=Cc1ccccc1OCc1ccc(Br)cc1. The first-order chi connectivity index (χ1) is 16.3. The molecule has 176 valence electrons. The Labute approximate surface area is 206 Å². The van der Waals surface area contributed by atoms with E-state index < -0.39 is 23.7 Å². The van der Waals surface area contributed by atoms with E-state index in [0.29, 0.717) is 17.9 Å². The van der Waals surface area contributed by atoms with Crippen molar-refractivity contribution in [1.29, 1.82) is 0 Å². The highest BCUT2D eigenvalue weighted by molar-refractivity contribution is 9.10.